The van der Waals surface area contributed by atoms with E-state index < -0.39 is 22.0 Å². The Morgan fingerprint density at radius 3 is 2.47 bits per heavy atom. The number of carbonyl (C=O) groups excluding carboxylic acids is 1. The molecule has 0 aromatic rings. The first kappa shape index (κ1) is 16.4. The molecule has 1 N–H and O–H groups in total. The molecule has 0 saturated carbocycles. The number of aliphatic hydroxyl groups excluding tert-OH is 1. The Kier molecular flexibility index (Phi) is 6.18. The fourth-order valence-corrected chi connectivity index (χ4v) is 3.98. The number of methoxy groups -OCH3 is 2. The standard InChI is InChI=1S/C11H21NO6S/c1-17-6-5-12(4-3-11(14)18-2)9-7-19(15,16)8-10(9)13/h9-10,13H,3-8H2,1-2H3. The van der Waals surface area contributed by atoms with E-state index in [-0.39, 0.29) is 23.9 Å². The van der Waals surface area contributed by atoms with E-state index in [2.05, 4.69) is 4.74 Å². The Labute approximate surface area is 113 Å². The van der Waals surface area contributed by atoms with Crippen molar-refractivity contribution in [1.29, 1.82) is 0 Å². The highest BCUT2D eigenvalue weighted by Gasteiger charge is 2.39. The van der Waals surface area contributed by atoms with Gasteiger partial charge in [-0.2, -0.15) is 0 Å². The van der Waals surface area contributed by atoms with Crippen LogP contribution < -0.4 is 0 Å². The molecule has 0 bridgehead atoms. The van der Waals surface area contributed by atoms with Crippen LogP contribution in [0.15, 0.2) is 0 Å². The lowest BCUT2D eigenvalue weighted by molar-refractivity contribution is -0.141. The van der Waals surface area contributed by atoms with Gasteiger partial charge in [-0.25, -0.2) is 8.42 Å². The molecule has 19 heavy (non-hydrogen) atoms. The number of nitrogens with zero attached hydrogens (tertiary/aromatic N) is 1. The maximum absolute atomic E-state index is 11.5. The van der Waals surface area contributed by atoms with Gasteiger partial charge in [0.05, 0.1) is 43.8 Å². The normalized spacial score (nSPS) is 25.7. The molecule has 0 spiro atoms. The molecule has 1 rings (SSSR count). The molecule has 0 radical (unpaired) electrons. The van der Waals surface area contributed by atoms with Crippen LogP contribution in [0.5, 0.6) is 0 Å². The predicted molar refractivity (Wildman–Crippen MR) is 68.5 cm³/mol. The van der Waals surface area contributed by atoms with Crippen molar-refractivity contribution < 1.29 is 27.8 Å². The molecule has 0 aliphatic carbocycles. The third-order valence-electron chi connectivity index (χ3n) is 3.18. The second kappa shape index (κ2) is 7.18. The summed E-state index contributed by atoms with van der Waals surface area (Å²) in [6.45, 7) is 1.21. The van der Waals surface area contributed by atoms with Crippen molar-refractivity contribution in [2.24, 2.45) is 0 Å². The number of hydrogen-bond acceptors (Lipinski definition) is 7. The van der Waals surface area contributed by atoms with Crippen molar-refractivity contribution in [3.63, 3.8) is 0 Å². The van der Waals surface area contributed by atoms with Crippen molar-refractivity contribution >= 4 is 15.8 Å². The van der Waals surface area contributed by atoms with E-state index in [1.807, 2.05) is 0 Å². The lowest BCUT2D eigenvalue weighted by atomic mass is 10.1. The maximum atomic E-state index is 11.5. The van der Waals surface area contributed by atoms with Gasteiger partial charge in [-0.3, -0.25) is 9.69 Å². The second-order valence-corrected chi connectivity index (χ2v) is 6.72. The molecule has 1 heterocycles. The minimum absolute atomic E-state index is 0.0843. The van der Waals surface area contributed by atoms with Crippen LogP contribution in [0.25, 0.3) is 0 Å². The fraction of sp³-hybridized carbons (Fsp3) is 0.909. The Bertz CT molecular complexity index is 396. The van der Waals surface area contributed by atoms with Gasteiger partial charge < -0.3 is 14.6 Å². The van der Waals surface area contributed by atoms with E-state index in [4.69, 9.17) is 4.74 Å². The Morgan fingerprint density at radius 1 is 1.32 bits per heavy atom. The number of sulfone groups is 1. The zero-order chi connectivity index (χ0) is 14.5. The van der Waals surface area contributed by atoms with Crippen LogP contribution in [0.4, 0.5) is 0 Å². The number of esters is 1. The molecule has 1 saturated heterocycles. The Balaban J connectivity index is 2.65. The third-order valence-corrected chi connectivity index (χ3v) is 4.87. The van der Waals surface area contributed by atoms with Gasteiger partial charge in [-0.1, -0.05) is 0 Å². The minimum atomic E-state index is -3.21. The van der Waals surface area contributed by atoms with Crippen molar-refractivity contribution in [1.82, 2.24) is 4.90 Å². The summed E-state index contributed by atoms with van der Waals surface area (Å²) in [7, 11) is -0.363. The topological polar surface area (TPSA) is 93.1 Å². The zero-order valence-electron chi connectivity index (χ0n) is 11.2. The van der Waals surface area contributed by atoms with Crippen LogP contribution in [0.2, 0.25) is 0 Å². The maximum Gasteiger partial charge on any atom is 0.306 e. The van der Waals surface area contributed by atoms with Gasteiger partial charge in [0.25, 0.3) is 0 Å². The average Bonchev–Trinajstić information content (AvgIpc) is 2.62. The minimum Gasteiger partial charge on any atom is -0.469 e. The average molecular weight is 295 g/mol. The van der Waals surface area contributed by atoms with E-state index in [9.17, 15) is 18.3 Å². The quantitative estimate of drug-likeness (QED) is 0.581. The first-order valence-electron chi connectivity index (χ1n) is 6.08. The molecule has 0 aromatic carbocycles. The van der Waals surface area contributed by atoms with Crippen LogP contribution >= 0.6 is 0 Å². The lowest BCUT2D eigenvalue weighted by Crippen LogP contribution is -2.45. The van der Waals surface area contributed by atoms with Crippen molar-refractivity contribution in [3.05, 3.63) is 0 Å². The van der Waals surface area contributed by atoms with Crippen LogP contribution in [0.3, 0.4) is 0 Å². The van der Waals surface area contributed by atoms with E-state index in [0.717, 1.165) is 0 Å². The van der Waals surface area contributed by atoms with Gasteiger partial charge in [-0.15, -0.1) is 0 Å². The van der Waals surface area contributed by atoms with Gasteiger partial charge in [0.15, 0.2) is 9.84 Å². The van der Waals surface area contributed by atoms with Crippen LogP contribution in [0.1, 0.15) is 6.42 Å². The molecular weight excluding hydrogens is 274 g/mol. The van der Waals surface area contributed by atoms with Crippen LogP contribution in [-0.2, 0) is 24.1 Å². The van der Waals surface area contributed by atoms with Crippen molar-refractivity contribution in [2.75, 3.05) is 45.4 Å². The molecule has 8 heteroatoms. The highest BCUT2D eigenvalue weighted by Crippen LogP contribution is 2.18. The molecule has 1 aliphatic rings. The summed E-state index contributed by atoms with van der Waals surface area (Å²) in [5.74, 6) is -0.670. The summed E-state index contributed by atoms with van der Waals surface area (Å²) in [4.78, 5) is 12.9. The van der Waals surface area contributed by atoms with Gasteiger partial charge in [0.2, 0.25) is 0 Å². The fourth-order valence-electron chi connectivity index (χ4n) is 2.15. The second-order valence-electron chi connectivity index (χ2n) is 4.57. The van der Waals surface area contributed by atoms with E-state index in [1.165, 1.54) is 7.11 Å². The highest BCUT2D eigenvalue weighted by atomic mass is 32.2. The Hall–Kier alpha value is -0.700. The van der Waals surface area contributed by atoms with E-state index in [1.54, 1.807) is 12.0 Å². The zero-order valence-corrected chi connectivity index (χ0v) is 12.1. The molecule has 0 aromatic heterocycles. The van der Waals surface area contributed by atoms with Crippen LogP contribution in [-0.4, -0.2) is 82.0 Å². The summed E-state index contributed by atoms with van der Waals surface area (Å²) >= 11 is 0. The molecule has 7 nitrogen and oxygen atoms in total. The molecule has 1 fully saturated rings. The first-order valence-corrected chi connectivity index (χ1v) is 7.90. The monoisotopic (exact) mass is 295 g/mol. The number of aliphatic hydroxyl groups is 1. The summed E-state index contributed by atoms with van der Waals surface area (Å²) in [5, 5.41) is 9.84. The number of hydrogen-bond donors (Lipinski definition) is 1. The van der Waals surface area contributed by atoms with E-state index in [0.29, 0.717) is 19.7 Å². The smallest absolute Gasteiger partial charge is 0.306 e. The Morgan fingerprint density at radius 2 is 2.00 bits per heavy atom. The van der Waals surface area contributed by atoms with E-state index >= 15 is 0 Å². The first-order chi connectivity index (χ1) is 8.89. The highest BCUT2D eigenvalue weighted by molar-refractivity contribution is 7.91. The van der Waals surface area contributed by atoms with Gasteiger partial charge >= 0.3 is 5.97 Å². The van der Waals surface area contributed by atoms with Crippen molar-refractivity contribution in [3.8, 4) is 0 Å². The summed E-state index contributed by atoms with van der Waals surface area (Å²) in [6, 6.07) is -0.482. The van der Waals surface area contributed by atoms with Gasteiger partial charge in [-0.05, 0) is 0 Å². The van der Waals surface area contributed by atoms with Gasteiger partial charge in [0, 0.05) is 20.2 Å². The molecule has 2 unspecified atom stereocenters. The largest absolute Gasteiger partial charge is 0.469 e. The molecule has 0 amide bonds. The van der Waals surface area contributed by atoms with Crippen molar-refractivity contribution in [2.45, 2.75) is 18.6 Å². The number of carbonyl (C=O) groups is 1. The predicted octanol–water partition coefficient (Wildman–Crippen LogP) is -1.34. The van der Waals surface area contributed by atoms with Crippen LogP contribution in [0, 0.1) is 0 Å². The summed E-state index contributed by atoms with van der Waals surface area (Å²) in [5.41, 5.74) is 0. The summed E-state index contributed by atoms with van der Waals surface area (Å²) < 4.78 is 32.6. The SMILES string of the molecule is COCCN(CCC(=O)OC)C1CS(=O)(=O)CC1O. The summed E-state index contributed by atoms with van der Waals surface area (Å²) in [6.07, 6.45) is -0.761. The molecular formula is C11H21NO6S. The third kappa shape index (κ3) is 5.06. The molecule has 2 atom stereocenters. The molecule has 1 aliphatic heterocycles. The number of ether oxygens (including phenoxy) is 2. The molecule has 112 valence electrons. The lowest BCUT2D eigenvalue weighted by Gasteiger charge is -2.29. The number of rotatable bonds is 7. The van der Waals surface area contributed by atoms with Gasteiger partial charge in [0.1, 0.15) is 0 Å².